The molecule has 1 unspecified atom stereocenters. The van der Waals surface area contributed by atoms with E-state index < -0.39 is 17.3 Å². The van der Waals surface area contributed by atoms with Crippen LogP contribution in [0.4, 0.5) is 18.9 Å². The molecule has 1 rings (SSSR count). The maximum absolute atomic E-state index is 12.7. The standard InChI is InChI=1S/C13H18F3NO/c1-3-8-12(2,18)9-17-11-7-5-4-6-10(11)13(14,15)16/h4-7,17-18H,3,8-9H2,1-2H3. The van der Waals surface area contributed by atoms with Gasteiger partial charge in [0.2, 0.25) is 0 Å². The van der Waals surface area contributed by atoms with Crippen LogP contribution in [-0.4, -0.2) is 17.3 Å². The average Bonchev–Trinajstić information content (AvgIpc) is 2.26. The first kappa shape index (κ1) is 14.8. The molecule has 0 aliphatic heterocycles. The Bertz CT molecular complexity index is 388. The van der Waals surface area contributed by atoms with Gasteiger partial charge in [0.25, 0.3) is 0 Å². The summed E-state index contributed by atoms with van der Waals surface area (Å²) in [5, 5.41) is 12.6. The maximum atomic E-state index is 12.7. The molecule has 0 radical (unpaired) electrons. The lowest BCUT2D eigenvalue weighted by molar-refractivity contribution is -0.137. The van der Waals surface area contributed by atoms with Gasteiger partial charge in [0, 0.05) is 12.2 Å². The fourth-order valence-corrected chi connectivity index (χ4v) is 1.80. The highest BCUT2D eigenvalue weighted by molar-refractivity contribution is 5.52. The van der Waals surface area contributed by atoms with Crippen LogP contribution in [0.3, 0.4) is 0 Å². The van der Waals surface area contributed by atoms with Gasteiger partial charge >= 0.3 is 6.18 Å². The van der Waals surface area contributed by atoms with Gasteiger partial charge in [-0.2, -0.15) is 13.2 Å². The second-order valence-electron chi connectivity index (χ2n) is 4.64. The van der Waals surface area contributed by atoms with Crippen LogP contribution in [0.25, 0.3) is 0 Å². The van der Waals surface area contributed by atoms with Crippen LogP contribution in [0.5, 0.6) is 0 Å². The van der Waals surface area contributed by atoms with E-state index in [1.165, 1.54) is 18.2 Å². The summed E-state index contributed by atoms with van der Waals surface area (Å²) in [7, 11) is 0. The molecule has 5 heteroatoms. The number of hydrogen-bond donors (Lipinski definition) is 2. The normalized spacial score (nSPS) is 15.2. The number of para-hydroxylation sites is 1. The average molecular weight is 261 g/mol. The zero-order valence-corrected chi connectivity index (χ0v) is 10.5. The van der Waals surface area contributed by atoms with Crippen LogP contribution in [-0.2, 0) is 6.18 Å². The number of halogens is 3. The van der Waals surface area contributed by atoms with E-state index in [1.54, 1.807) is 6.92 Å². The molecular formula is C13H18F3NO. The first-order valence-electron chi connectivity index (χ1n) is 5.89. The summed E-state index contributed by atoms with van der Waals surface area (Å²) in [5.41, 5.74) is -1.72. The van der Waals surface area contributed by atoms with E-state index in [1.807, 2.05) is 6.92 Å². The van der Waals surface area contributed by atoms with Crippen LogP contribution in [0.1, 0.15) is 32.3 Å². The molecule has 0 heterocycles. The third kappa shape index (κ3) is 4.22. The third-order valence-electron chi connectivity index (χ3n) is 2.68. The summed E-state index contributed by atoms with van der Waals surface area (Å²) in [5.74, 6) is 0. The van der Waals surface area contributed by atoms with E-state index in [9.17, 15) is 18.3 Å². The Balaban J connectivity index is 2.80. The van der Waals surface area contributed by atoms with Gasteiger partial charge in [-0.15, -0.1) is 0 Å². The molecule has 1 aromatic carbocycles. The van der Waals surface area contributed by atoms with Crippen molar-refractivity contribution >= 4 is 5.69 Å². The van der Waals surface area contributed by atoms with Crippen molar-refractivity contribution in [1.82, 2.24) is 0 Å². The number of alkyl halides is 3. The van der Waals surface area contributed by atoms with E-state index in [0.29, 0.717) is 6.42 Å². The molecule has 0 amide bonds. The third-order valence-corrected chi connectivity index (χ3v) is 2.68. The maximum Gasteiger partial charge on any atom is 0.418 e. The van der Waals surface area contributed by atoms with E-state index in [0.717, 1.165) is 12.5 Å². The highest BCUT2D eigenvalue weighted by atomic mass is 19.4. The van der Waals surface area contributed by atoms with Gasteiger partial charge in [-0.1, -0.05) is 25.5 Å². The van der Waals surface area contributed by atoms with Crippen molar-refractivity contribution in [3.63, 3.8) is 0 Å². The molecule has 0 fully saturated rings. The molecule has 0 aromatic heterocycles. The van der Waals surface area contributed by atoms with Gasteiger partial charge in [0.05, 0.1) is 11.2 Å². The second-order valence-corrected chi connectivity index (χ2v) is 4.64. The number of nitrogens with one attached hydrogen (secondary N) is 1. The van der Waals surface area contributed by atoms with Crippen molar-refractivity contribution in [2.24, 2.45) is 0 Å². The molecular weight excluding hydrogens is 243 g/mol. The summed E-state index contributed by atoms with van der Waals surface area (Å²) < 4.78 is 38.1. The molecule has 1 atom stereocenters. The molecule has 0 spiro atoms. The zero-order chi connectivity index (χ0) is 13.8. The van der Waals surface area contributed by atoms with Crippen LogP contribution in [0.15, 0.2) is 24.3 Å². The number of anilines is 1. The molecule has 18 heavy (non-hydrogen) atoms. The monoisotopic (exact) mass is 261 g/mol. The number of rotatable bonds is 5. The van der Waals surface area contributed by atoms with Crippen LogP contribution in [0.2, 0.25) is 0 Å². The first-order valence-corrected chi connectivity index (χ1v) is 5.89. The van der Waals surface area contributed by atoms with Crippen molar-refractivity contribution in [2.75, 3.05) is 11.9 Å². The summed E-state index contributed by atoms with van der Waals surface area (Å²) in [6.45, 7) is 3.62. The van der Waals surface area contributed by atoms with Gasteiger partial charge in [-0.05, 0) is 25.5 Å². The fraction of sp³-hybridized carbons (Fsp3) is 0.538. The number of hydrogen-bond acceptors (Lipinski definition) is 2. The largest absolute Gasteiger partial charge is 0.418 e. The Hall–Kier alpha value is -1.23. The molecule has 0 aliphatic rings. The lowest BCUT2D eigenvalue weighted by Crippen LogP contribution is -2.33. The first-order chi connectivity index (χ1) is 8.26. The van der Waals surface area contributed by atoms with Crippen LogP contribution >= 0.6 is 0 Å². The second kappa shape index (κ2) is 5.61. The smallest absolute Gasteiger partial charge is 0.388 e. The van der Waals surface area contributed by atoms with E-state index >= 15 is 0 Å². The lowest BCUT2D eigenvalue weighted by Gasteiger charge is -2.24. The molecule has 2 N–H and O–H groups in total. The minimum absolute atomic E-state index is 0.00128. The minimum Gasteiger partial charge on any atom is -0.388 e. The Morgan fingerprint density at radius 1 is 1.22 bits per heavy atom. The van der Waals surface area contributed by atoms with Crippen molar-refractivity contribution in [2.45, 2.75) is 38.5 Å². The number of aliphatic hydroxyl groups is 1. The van der Waals surface area contributed by atoms with Crippen molar-refractivity contribution in [1.29, 1.82) is 0 Å². The van der Waals surface area contributed by atoms with Crippen molar-refractivity contribution in [3.8, 4) is 0 Å². The van der Waals surface area contributed by atoms with Crippen molar-refractivity contribution in [3.05, 3.63) is 29.8 Å². The van der Waals surface area contributed by atoms with Crippen LogP contribution < -0.4 is 5.32 Å². The Morgan fingerprint density at radius 3 is 2.39 bits per heavy atom. The summed E-state index contributed by atoms with van der Waals surface area (Å²) in [4.78, 5) is 0. The summed E-state index contributed by atoms with van der Waals surface area (Å²) in [6, 6.07) is 5.27. The van der Waals surface area contributed by atoms with Gasteiger partial charge in [0.1, 0.15) is 0 Å². The topological polar surface area (TPSA) is 32.3 Å². The Kier molecular flexibility index (Phi) is 4.62. The van der Waals surface area contributed by atoms with Gasteiger partial charge in [-0.3, -0.25) is 0 Å². The van der Waals surface area contributed by atoms with Gasteiger partial charge in [-0.25, -0.2) is 0 Å². The SMILES string of the molecule is CCCC(C)(O)CNc1ccccc1C(F)(F)F. The molecule has 0 aliphatic carbocycles. The Morgan fingerprint density at radius 2 is 1.83 bits per heavy atom. The van der Waals surface area contributed by atoms with Crippen molar-refractivity contribution < 1.29 is 18.3 Å². The quantitative estimate of drug-likeness (QED) is 0.847. The summed E-state index contributed by atoms with van der Waals surface area (Å²) in [6.07, 6.45) is -3.08. The fourth-order valence-electron chi connectivity index (χ4n) is 1.80. The van der Waals surface area contributed by atoms with E-state index in [4.69, 9.17) is 0 Å². The van der Waals surface area contributed by atoms with E-state index in [2.05, 4.69) is 5.32 Å². The predicted molar refractivity (Wildman–Crippen MR) is 65.5 cm³/mol. The molecule has 0 saturated heterocycles. The highest BCUT2D eigenvalue weighted by Crippen LogP contribution is 2.34. The molecule has 1 aromatic rings. The van der Waals surface area contributed by atoms with Gasteiger partial charge in [0.15, 0.2) is 0 Å². The number of benzene rings is 1. The minimum atomic E-state index is -4.39. The lowest BCUT2D eigenvalue weighted by atomic mass is 10.0. The molecule has 0 saturated carbocycles. The predicted octanol–water partition coefficient (Wildman–Crippen LogP) is 3.67. The molecule has 102 valence electrons. The summed E-state index contributed by atoms with van der Waals surface area (Å²) >= 11 is 0. The molecule has 0 bridgehead atoms. The Labute approximate surface area is 105 Å². The molecule has 2 nitrogen and oxygen atoms in total. The highest BCUT2D eigenvalue weighted by Gasteiger charge is 2.33. The van der Waals surface area contributed by atoms with Gasteiger partial charge < -0.3 is 10.4 Å². The zero-order valence-electron chi connectivity index (χ0n) is 10.5. The van der Waals surface area contributed by atoms with E-state index in [-0.39, 0.29) is 12.2 Å². The van der Waals surface area contributed by atoms with Crippen LogP contribution in [0, 0.1) is 0 Å².